The number of phenols is 1. The number of Topliss-reactive ketones (excluding diaryl/α,β-unsaturated/α-hetero) is 1. The van der Waals surface area contributed by atoms with Crippen molar-refractivity contribution in [3.63, 3.8) is 0 Å². The van der Waals surface area contributed by atoms with Crippen LogP contribution in [0.25, 0.3) is 5.76 Å². The van der Waals surface area contributed by atoms with E-state index in [2.05, 4.69) is 0 Å². The number of rotatable bonds is 3. The number of hydrogen-bond acceptors (Lipinski definition) is 4. The Balaban J connectivity index is 1.99. The molecule has 0 spiro atoms. The smallest absolute Gasteiger partial charge is 0.300 e. The van der Waals surface area contributed by atoms with Crippen LogP contribution in [0.2, 0.25) is 0 Å². The van der Waals surface area contributed by atoms with E-state index < -0.39 is 17.7 Å². The minimum absolute atomic E-state index is 0.0348. The highest BCUT2D eigenvalue weighted by Gasteiger charge is 2.47. The minimum atomic E-state index is -0.822. The molecule has 0 aliphatic carbocycles. The highest BCUT2D eigenvalue weighted by Crippen LogP contribution is 2.43. The minimum Gasteiger partial charge on any atom is -0.508 e. The van der Waals surface area contributed by atoms with Crippen LogP contribution < -0.4 is 4.90 Å². The number of anilines is 1. The van der Waals surface area contributed by atoms with Crippen LogP contribution >= 0.6 is 0 Å². The zero-order valence-electron chi connectivity index (χ0n) is 18.5. The maximum Gasteiger partial charge on any atom is 0.300 e. The standard InChI is InChI=1S/C27H25NO4/c1-15-5-6-17(3)22(13-15)25(30)23-24(19-8-11-21(29)12-9-19)28(27(32)26(23)31)20-10-7-16(2)18(4)14-20/h5-14,24,29-30H,1-4H3/b25-23+. The van der Waals surface area contributed by atoms with Gasteiger partial charge in [0.2, 0.25) is 0 Å². The maximum atomic E-state index is 13.2. The summed E-state index contributed by atoms with van der Waals surface area (Å²) in [5.41, 5.74) is 5.54. The third-order valence-electron chi connectivity index (χ3n) is 6.07. The highest BCUT2D eigenvalue weighted by molar-refractivity contribution is 6.51. The van der Waals surface area contributed by atoms with Gasteiger partial charge in [0.05, 0.1) is 11.6 Å². The van der Waals surface area contributed by atoms with Crippen molar-refractivity contribution < 1.29 is 19.8 Å². The lowest BCUT2D eigenvalue weighted by Crippen LogP contribution is -2.29. The zero-order chi connectivity index (χ0) is 23.2. The van der Waals surface area contributed by atoms with Gasteiger partial charge in [0.25, 0.3) is 11.7 Å². The number of aliphatic hydroxyl groups excluding tert-OH is 1. The van der Waals surface area contributed by atoms with Gasteiger partial charge in [-0.25, -0.2) is 0 Å². The van der Waals surface area contributed by atoms with Crippen molar-refractivity contribution in [3.05, 3.63) is 99.6 Å². The summed E-state index contributed by atoms with van der Waals surface area (Å²) >= 11 is 0. The highest BCUT2D eigenvalue weighted by atomic mass is 16.3. The summed E-state index contributed by atoms with van der Waals surface area (Å²) in [6.07, 6.45) is 0. The molecule has 4 rings (SSSR count). The molecule has 1 unspecified atom stereocenters. The third-order valence-corrected chi connectivity index (χ3v) is 6.07. The van der Waals surface area contributed by atoms with E-state index in [9.17, 15) is 19.8 Å². The summed E-state index contributed by atoms with van der Waals surface area (Å²) in [5.74, 6) is -1.56. The van der Waals surface area contributed by atoms with Gasteiger partial charge in [-0.1, -0.05) is 35.9 Å². The quantitative estimate of drug-likeness (QED) is 0.340. The van der Waals surface area contributed by atoms with Crippen molar-refractivity contribution in [2.75, 3.05) is 4.90 Å². The predicted molar refractivity (Wildman–Crippen MR) is 125 cm³/mol. The predicted octanol–water partition coefficient (Wildman–Crippen LogP) is 5.25. The lowest BCUT2D eigenvalue weighted by molar-refractivity contribution is -0.132. The van der Waals surface area contributed by atoms with E-state index in [1.54, 1.807) is 18.2 Å². The van der Waals surface area contributed by atoms with Gasteiger partial charge in [-0.2, -0.15) is 0 Å². The van der Waals surface area contributed by atoms with Crippen molar-refractivity contribution in [2.45, 2.75) is 33.7 Å². The number of aromatic hydroxyl groups is 1. The van der Waals surface area contributed by atoms with Crippen molar-refractivity contribution in [3.8, 4) is 5.75 Å². The van der Waals surface area contributed by atoms with Gasteiger partial charge in [-0.3, -0.25) is 14.5 Å². The Hall–Kier alpha value is -3.86. The number of aliphatic hydroxyl groups is 1. The Morgan fingerprint density at radius 3 is 2.12 bits per heavy atom. The number of phenolic OH excluding ortho intramolecular Hbond substituents is 1. The second-order valence-corrected chi connectivity index (χ2v) is 8.35. The molecule has 1 heterocycles. The van der Waals surface area contributed by atoms with Crippen LogP contribution in [0.1, 0.15) is 39.4 Å². The number of carbonyl (C=O) groups is 2. The van der Waals surface area contributed by atoms with Crippen LogP contribution in [0.5, 0.6) is 5.75 Å². The number of benzene rings is 3. The molecule has 5 nitrogen and oxygen atoms in total. The summed E-state index contributed by atoms with van der Waals surface area (Å²) in [7, 11) is 0. The molecule has 162 valence electrons. The molecule has 3 aromatic carbocycles. The van der Waals surface area contributed by atoms with Crippen molar-refractivity contribution in [2.24, 2.45) is 0 Å². The molecule has 1 amide bonds. The van der Waals surface area contributed by atoms with E-state index in [1.807, 2.05) is 58.0 Å². The zero-order valence-corrected chi connectivity index (χ0v) is 18.5. The summed E-state index contributed by atoms with van der Waals surface area (Å²) in [5, 5.41) is 21.1. The first-order chi connectivity index (χ1) is 15.2. The SMILES string of the molecule is Cc1ccc(C)c(/C(O)=C2\C(=O)C(=O)N(c3ccc(C)c(C)c3)C2c2ccc(O)cc2)c1. The molecule has 0 radical (unpaired) electrons. The van der Waals surface area contributed by atoms with Crippen LogP contribution in [-0.2, 0) is 9.59 Å². The van der Waals surface area contributed by atoms with E-state index in [0.717, 1.165) is 22.3 Å². The fourth-order valence-corrected chi connectivity index (χ4v) is 4.08. The van der Waals surface area contributed by atoms with Gasteiger partial charge < -0.3 is 10.2 Å². The second kappa shape index (κ2) is 8.00. The molecule has 0 saturated carbocycles. The average Bonchev–Trinajstić information content (AvgIpc) is 3.02. The van der Waals surface area contributed by atoms with Crippen molar-refractivity contribution in [1.29, 1.82) is 0 Å². The summed E-state index contributed by atoms with van der Waals surface area (Å²) in [4.78, 5) is 27.9. The first-order valence-corrected chi connectivity index (χ1v) is 10.4. The van der Waals surface area contributed by atoms with Crippen LogP contribution in [0, 0.1) is 27.7 Å². The molecule has 1 saturated heterocycles. The van der Waals surface area contributed by atoms with Crippen LogP contribution in [0.3, 0.4) is 0 Å². The largest absolute Gasteiger partial charge is 0.508 e. The van der Waals surface area contributed by atoms with E-state index in [-0.39, 0.29) is 17.1 Å². The lowest BCUT2D eigenvalue weighted by Gasteiger charge is -2.26. The van der Waals surface area contributed by atoms with Crippen molar-refractivity contribution >= 4 is 23.1 Å². The first-order valence-electron chi connectivity index (χ1n) is 10.4. The second-order valence-electron chi connectivity index (χ2n) is 8.35. The molecular weight excluding hydrogens is 402 g/mol. The summed E-state index contributed by atoms with van der Waals surface area (Å²) in [6.45, 7) is 7.68. The van der Waals surface area contributed by atoms with E-state index in [1.165, 1.54) is 17.0 Å². The number of ketones is 1. The molecule has 5 heteroatoms. The monoisotopic (exact) mass is 427 g/mol. The third kappa shape index (κ3) is 3.56. The van der Waals surface area contributed by atoms with E-state index in [0.29, 0.717) is 16.8 Å². The van der Waals surface area contributed by atoms with Gasteiger partial charge in [0.1, 0.15) is 11.5 Å². The molecule has 1 aliphatic rings. The number of hydrogen-bond donors (Lipinski definition) is 2. The molecule has 32 heavy (non-hydrogen) atoms. The van der Waals surface area contributed by atoms with Gasteiger partial charge >= 0.3 is 0 Å². The van der Waals surface area contributed by atoms with E-state index >= 15 is 0 Å². The Kier molecular flexibility index (Phi) is 5.35. The Morgan fingerprint density at radius 2 is 1.47 bits per heavy atom. The Morgan fingerprint density at radius 1 is 0.812 bits per heavy atom. The Labute approximate surface area is 187 Å². The molecule has 0 aromatic heterocycles. The Bertz CT molecular complexity index is 1270. The van der Waals surface area contributed by atoms with Gasteiger partial charge in [0, 0.05) is 11.3 Å². The molecule has 2 N–H and O–H groups in total. The first kappa shape index (κ1) is 21.4. The molecular formula is C27H25NO4. The maximum absolute atomic E-state index is 13.2. The van der Waals surface area contributed by atoms with Gasteiger partial charge in [-0.05, 0) is 80.3 Å². The normalized spacial score (nSPS) is 17.8. The van der Waals surface area contributed by atoms with Crippen LogP contribution in [0.4, 0.5) is 5.69 Å². The van der Waals surface area contributed by atoms with Crippen LogP contribution in [-0.4, -0.2) is 21.9 Å². The number of aryl methyl sites for hydroxylation is 4. The van der Waals surface area contributed by atoms with Crippen molar-refractivity contribution in [1.82, 2.24) is 0 Å². The van der Waals surface area contributed by atoms with Gasteiger partial charge in [-0.15, -0.1) is 0 Å². The molecule has 1 atom stereocenters. The van der Waals surface area contributed by atoms with Crippen LogP contribution in [0.15, 0.2) is 66.2 Å². The number of amides is 1. The van der Waals surface area contributed by atoms with E-state index in [4.69, 9.17) is 0 Å². The van der Waals surface area contributed by atoms with Gasteiger partial charge in [0.15, 0.2) is 0 Å². The summed E-state index contributed by atoms with van der Waals surface area (Å²) in [6, 6.07) is 16.7. The molecule has 1 fully saturated rings. The molecule has 1 aliphatic heterocycles. The lowest BCUT2D eigenvalue weighted by atomic mass is 9.93. The fraction of sp³-hybridized carbons (Fsp3) is 0.185. The fourth-order valence-electron chi connectivity index (χ4n) is 4.08. The average molecular weight is 428 g/mol. The molecule has 0 bridgehead atoms. The molecule has 3 aromatic rings. The topological polar surface area (TPSA) is 77.8 Å². The number of nitrogens with zero attached hydrogens (tertiary/aromatic N) is 1. The number of carbonyl (C=O) groups excluding carboxylic acids is 2. The summed E-state index contributed by atoms with van der Waals surface area (Å²) < 4.78 is 0.